The standard InChI is InChI=1S/C28H28N2O4S/c1-5-30-27(31)26(35-28(30)29-22-10-12-23(32-3)13-11-22)17-20-9-14-24(25(16-20)33-4)34-18-21-8-6-7-19(2)15-21/h6-17H,5,18H2,1-4H3/b26-17+,29-28?. The zero-order valence-electron chi connectivity index (χ0n) is 20.3. The summed E-state index contributed by atoms with van der Waals surface area (Å²) < 4.78 is 16.8. The summed E-state index contributed by atoms with van der Waals surface area (Å²) in [6.45, 7) is 4.98. The molecular weight excluding hydrogens is 460 g/mol. The quantitative estimate of drug-likeness (QED) is 0.353. The Bertz CT molecular complexity index is 1270. The van der Waals surface area contributed by atoms with Gasteiger partial charge < -0.3 is 14.2 Å². The number of carbonyl (C=O) groups excluding carboxylic acids is 1. The van der Waals surface area contributed by atoms with Crippen LogP contribution in [0.4, 0.5) is 5.69 Å². The summed E-state index contributed by atoms with van der Waals surface area (Å²) in [5.74, 6) is 1.96. The first-order valence-electron chi connectivity index (χ1n) is 11.3. The third-order valence-corrected chi connectivity index (χ3v) is 6.47. The number of ether oxygens (including phenoxy) is 3. The van der Waals surface area contributed by atoms with Crippen molar-refractivity contribution in [1.82, 2.24) is 4.90 Å². The molecule has 1 aliphatic heterocycles. The highest BCUT2D eigenvalue weighted by Gasteiger charge is 2.32. The fraction of sp³-hybridized carbons (Fsp3) is 0.214. The van der Waals surface area contributed by atoms with Crippen molar-refractivity contribution in [2.75, 3.05) is 20.8 Å². The Balaban J connectivity index is 1.53. The van der Waals surface area contributed by atoms with E-state index in [0.29, 0.717) is 34.7 Å². The minimum atomic E-state index is -0.0662. The maximum Gasteiger partial charge on any atom is 0.266 e. The maximum absolute atomic E-state index is 13.0. The summed E-state index contributed by atoms with van der Waals surface area (Å²) in [7, 11) is 3.24. The minimum Gasteiger partial charge on any atom is -0.497 e. The van der Waals surface area contributed by atoms with Crippen LogP contribution in [0.3, 0.4) is 0 Å². The summed E-state index contributed by atoms with van der Waals surface area (Å²) in [4.78, 5) is 20.0. The van der Waals surface area contributed by atoms with Crippen molar-refractivity contribution in [3.8, 4) is 17.2 Å². The van der Waals surface area contributed by atoms with Crippen LogP contribution >= 0.6 is 11.8 Å². The molecule has 0 aromatic heterocycles. The van der Waals surface area contributed by atoms with Gasteiger partial charge in [0.1, 0.15) is 12.4 Å². The van der Waals surface area contributed by atoms with Crippen LogP contribution in [0.1, 0.15) is 23.6 Å². The van der Waals surface area contributed by atoms with Gasteiger partial charge in [-0.3, -0.25) is 9.69 Å². The van der Waals surface area contributed by atoms with E-state index < -0.39 is 0 Å². The summed E-state index contributed by atoms with van der Waals surface area (Å²) >= 11 is 1.36. The highest BCUT2D eigenvalue weighted by atomic mass is 32.2. The van der Waals surface area contributed by atoms with Crippen LogP contribution in [-0.2, 0) is 11.4 Å². The number of likely N-dealkylation sites (N-methyl/N-ethyl adjacent to an activating group) is 1. The normalized spacial score (nSPS) is 15.7. The second-order valence-corrected chi connectivity index (χ2v) is 8.95. The number of nitrogens with zero attached hydrogens (tertiary/aromatic N) is 2. The van der Waals surface area contributed by atoms with E-state index in [1.54, 1.807) is 19.1 Å². The molecule has 1 saturated heterocycles. The maximum atomic E-state index is 13.0. The monoisotopic (exact) mass is 488 g/mol. The molecule has 1 amide bonds. The molecule has 0 radical (unpaired) electrons. The van der Waals surface area contributed by atoms with Gasteiger partial charge in [-0.25, -0.2) is 4.99 Å². The van der Waals surface area contributed by atoms with Crippen LogP contribution in [0.15, 0.2) is 76.6 Å². The molecule has 1 heterocycles. The second-order valence-electron chi connectivity index (χ2n) is 7.94. The lowest BCUT2D eigenvalue weighted by atomic mass is 10.1. The molecule has 3 aromatic rings. The predicted molar refractivity (Wildman–Crippen MR) is 142 cm³/mol. The van der Waals surface area contributed by atoms with Crippen LogP contribution in [0.25, 0.3) is 6.08 Å². The number of aryl methyl sites for hydroxylation is 1. The van der Waals surface area contributed by atoms with Crippen molar-refractivity contribution < 1.29 is 19.0 Å². The zero-order chi connectivity index (χ0) is 24.8. The van der Waals surface area contributed by atoms with Crippen molar-refractivity contribution in [2.45, 2.75) is 20.5 Å². The van der Waals surface area contributed by atoms with Gasteiger partial charge in [0.25, 0.3) is 5.91 Å². The number of hydrogen-bond donors (Lipinski definition) is 0. The number of thioether (sulfide) groups is 1. The fourth-order valence-corrected chi connectivity index (χ4v) is 4.71. The smallest absolute Gasteiger partial charge is 0.266 e. The molecule has 1 fully saturated rings. The van der Waals surface area contributed by atoms with Gasteiger partial charge in [-0.15, -0.1) is 0 Å². The van der Waals surface area contributed by atoms with Crippen molar-refractivity contribution in [3.63, 3.8) is 0 Å². The van der Waals surface area contributed by atoms with Gasteiger partial charge in [0.05, 0.1) is 24.8 Å². The number of amides is 1. The summed E-state index contributed by atoms with van der Waals surface area (Å²) in [6.07, 6.45) is 1.86. The van der Waals surface area contributed by atoms with Gasteiger partial charge in [-0.1, -0.05) is 35.9 Å². The Kier molecular flexibility index (Phi) is 7.77. The Morgan fingerprint density at radius 2 is 1.77 bits per heavy atom. The van der Waals surface area contributed by atoms with Gasteiger partial charge in [-0.05, 0) is 79.2 Å². The molecule has 0 atom stereocenters. The van der Waals surface area contributed by atoms with Gasteiger partial charge in [-0.2, -0.15) is 0 Å². The number of aliphatic imine (C=N–C) groups is 1. The lowest BCUT2D eigenvalue weighted by Crippen LogP contribution is -2.28. The topological polar surface area (TPSA) is 60.4 Å². The number of carbonyl (C=O) groups is 1. The average Bonchev–Trinajstić information content (AvgIpc) is 3.16. The lowest BCUT2D eigenvalue weighted by Gasteiger charge is -2.12. The molecule has 0 bridgehead atoms. The van der Waals surface area contributed by atoms with E-state index in [0.717, 1.165) is 22.6 Å². The van der Waals surface area contributed by atoms with Gasteiger partial charge in [0.15, 0.2) is 16.7 Å². The van der Waals surface area contributed by atoms with Crippen LogP contribution in [0, 0.1) is 6.92 Å². The molecule has 0 saturated carbocycles. The Labute approximate surface area is 210 Å². The van der Waals surface area contributed by atoms with Gasteiger partial charge >= 0.3 is 0 Å². The molecule has 4 rings (SSSR count). The Morgan fingerprint density at radius 3 is 2.46 bits per heavy atom. The van der Waals surface area contributed by atoms with E-state index in [9.17, 15) is 4.79 Å². The molecule has 0 spiro atoms. The van der Waals surface area contributed by atoms with Gasteiger partial charge in [0, 0.05) is 6.54 Å². The van der Waals surface area contributed by atoms with Crippen LogP contribution in [0.5, 0.6) is 17.2 Å². The van der Waals surface area contributed by atoms with Crippen molar-refractivity contribution >= 4 is 34.6 Å². The highest BCUT2D eigenvalue weighted by Crippen LogP contribution is 2.36. The van der Waals surface area contributed by atoms with Crippen molar-refractivity contribution in [1.29, 1.82) is 0 Å². The SMILES string of the molecule is CCN1C(=O)/C(=C\c2ccc(OCc3cccc(C)c3)c(OC)c2)SC1=Nc1ccc(OC)cc1. The Morgan fingerprint density at radius 1 is 0.971 bits per heavy atom. The van der Waals surface area contributed by atoms with E-state index >= 15 is 0 Å². The molecule has 3 aromatic carbocycles. The largest absolute Gasteiger partial charge is 0.497 e. The molecule has 7 heteroatoms. The summed E-state index contributed by atoms with van der Waals surface area (Å²) in [5, 5.41) is 0.652. The van der Waals surface area contributed by atoms with E-state index in [2.05, 4.69) is 24.0 Å². The molecule has 0 unspecified atom stereocenters. The first kappa shape index (κ1) is 24.4. The van der Waals surface area contributed by atoms with Crippen LogP contribution in [-0.4, -0.2) is 36.7 Å². The van der Waals surface area contributed by atoms with Crippen molar-refractivity contribution in [3.05, 3.63) is 88.3 Å². The molecule has 0 N–H and O–H groups in total. The number of benzene rings is 3. The molecular formula is C28H28N2O4S. The minimum absolute atomic E-state index is 0.0662. The Hall–Kier alpha value is -3.71. The third-order valence-electron chi connectivity index (χ3n) is 5.46. The van der Waals surface area contributed by atoms with E-state index in [1.807, 2.05) is 67.6 Å². The molecule has 1 aliphatic rings. The number of methoxy groups -OCH3 is 2. The third kappa shape index (κ3) is 5.87. The molecule has 35 heavy (non-hydrogen) atoms. The van der Waals surface area contributed by atoms with Crippen LogP contribution in [0.2, 0.25) is 0 Å². The van der Waals surface area contributed by atoms with Crippen molar-refractivity contribution in [2.24, 2.45) is 4.99 Å². The molecule has 180 valence electrons. The molecule has 6 nitrogen and oxygen atoms in total. The number of hydrogen-bond acceptors (Lipinski definition) is 6. The predicted octanol–water partition coefficient (Wildman–Crippen LogP) is 6.22. The molecule has 0 aliphatic carbocycles. The zero-order valence-corrected chi connectivity index (χ0v) is 21.1. The van der Waals surface area contributed by atoms with Crippen LogP contribution < -0.4 is 14.2 Å². The first-order valence-corrected chi connectivity index (χ1v) is 12.1. The second kappa shape index (κ2) is 11.1. The lowest BCUT2D eigenvalue weighted by molar-refractivity contribution is -0.122. The number of rotatable bonds is 8. The summed E-state index contributed by atoms with van der Waals surface area (Å²) in [6, 6.07) is 21.3. The van der Waals surface area contributed by atoms with Gasteiger partial charge in [0.2, 0.25) is 0 Å². The van der Waals surface area contributed by atoms with E-state index in [1.165, 1.54) is 17.3 Å². The first-order chi connectivity index (χ1) is 17.0. The fourth-order valence-electron chi connectivity index (χ4n) is 3.65. The summed E-state index contributed by atoms with van der Waals surface area (Å²) in [5.41, 5.74) is 3.89. The average molecular weight is 489 g/mol. The highest BCUT2D eigenvalue weighted by molar-refractivity contribution is 8.18. The van der Waals surface area contributed by atoms with E-state index in [-0.39, 0.29) is 5.91 Å². The van der Waals surface area contributed by atoms with E-state index in [4.69, 9.17) is 14.2 Å². The number of amidine groups is 1.